The van der Waals surface area contributed by atoms with E-state index in [1.807, 2.05) is 12.1 Å². The molecule has 4 heteroatoms. The Bertz CT molecular complexity index is 608. The van der Waals surface area contributed by atoms with Crippen molar-refractivity contribution in [3.63, 3.8) is 0 Å². The highest BCUT2D eigenvalue weighted by Gasteiger charge is 2.37. The van der Waals surface area contributed by atoms with E-state index in [1.165, 1.54) is 56.6 Å². The van der Waals surface area contributed by atoms with Crippen molar-refractivity contribution < 1.29 is 9.59 Å². The molecule has 1 aromatic rings. The molecule has 3 aliphatic rings. The van der Waals surface area contributed by atoms with Crippen LogP contribution in [0.4, 0.5) is 0 Å². The van der Waals surface area contributed by atoms with Crippen molar-refractivity contribution in [2.75, 3.05) is 26.2 Å². The number of carbonyl (C=O) groups excluding carboxylic acids is 2. The Balaban J connectivity index is 1.29. The van der Waals surface area contributed by atoms with Crippen molar-refractivity contribution in [3.05, 3.63) is 35.4 Å². The van der Waals surface area contributed by atoms with Crippen molar-refractivity contribution in [3.8, 4) is 0 Å². The van der Waals surface area contributed by atoms with Gasteiger partial charge in [-0.05, 0) is 75.6 Å². The molecule has 25 heavy (non-hydrogen) atoms. The smallest absolute Gasteiger partial charge is 0.261 e. The van der Waals surface area contributed by atoms with Gasteiger partial charge in [0.2, 0.25) is 0 Å². The molecule has 1 saturated carbocycles. The second-order valence-electron chi connectivity index (χ2n) is 8.01. The lowest BCUT2D eigenvalue weighted by Gasteiger charge is -2.35. The SMILES string of the molecule is O=C1c2ccccc2C(=O)N1CC1CCC(CN2CCCCC2)CC1. The van der Waals surface area contributed by atoms with Gasteiger partial charge in [-0.2, -0.15) is 0 Å². The Morgan fingerprint density at radius 1 is 0.760 bits per heavy atom. The first kappa shape index (κ1) is 16.8. The van der Waals surface area contributed by atoms with Gasteiger partial charge in [0, 0.05) is 13.1 Å². The molecule has 0 aromatic heterocycles. The zero-order valence-corrected chi connectivity index (χ0v) is 15.0. The minimum Gasteiger partial charge on any atom is -0.303 e. The number of piperidine rings is 1. The number of carbonyl (C=O) groups is 2. The molecular formula is C21H28N2O2. The van der Waals surface area contributed by atoms with Gasteiger partial charge in [-0.1, -0.05) is 18.6 Å². The van der Waals surface area contributed by atoms with E-state index in [0.29, 0.717) is 23.6 Å². The molecule has 134 valence electrons. The van der Waals surface area contributed by atoms with Gasteiger partial charge in [0.05, 0.1) is 11.1 Å². The summed E-state index contributed by atoms with van der Waals surface area (Å²) in [6.07, 6.45) is 8.88. The molecule has 2 amide bonds. The molecule has 2 heterocycles. The van der Waals surface area contributed by atoms with Gasteiger partial charge in [-0.25, -0.2) is 0 Å². The van der Waals surface area contributed by atoms with Crippen molar-refractivity contribution in [2.45, 2.75) is 44.9 Å². The number of likely N-dealkylation sites (tertiary alicyclic amines) is 1. The Morgan fingerprint density at radius 2 is 1.28 bits per heavy atom. The molecule has 0 radical (unpaired) electrons. The summed E-state index contributed by atoms with van der Waals surface area (Å²) in [6, 6.07) is 7.20. The first-order chi connectivity index (χ1) is 12.2. The lowest BCUT2D eigenvalue weighted by Crippen LogP contribution is -2.38. The van der Waals surface area contributed by atoms with Crippen LogP contribution in [0, 0.1) is 11.8 Å². The van der Waals surface area contributed by atoms with Gasteiger partial charge >= 0.3 is 0 Å². The highest BCUT2D eigenvalue weighted by Crippen LogP contribution is 2.32. The highest BCUT2D eigenvalue weighted by atomic mass is 16.2. The van der Waals surface area contributed by atoms with Crippen LogP contribution in [0.2, 0.25) is 0 Å². The van der Waals surface area contributed by atoms with Crippen LogP contribution in [-0.4, -0.2) is 47.8 Å². The number of imide groups is 1. The molecule has 4 rings (SSSR count). The van der Waals surface area contributed by atoms with Crippen molar-refractivity contribution in [1.29, 1.82) is 0 Å². The molecule has 2 aliphatic heterocycles. The number of amides is 2. The largest absolute Gasteiger partial charge is 0.303 e. The van der Waals surface area contributed by atoms with Crippen molar-refractivity contribution >= 4 is 11.8 Å². The molecule has 2 fully saturated rings. The molecule has 4 nitrogen and oxygen atoms in total. The van der Waals surface area contributed by atoms with Crippen LogP contribution in [0.1, 0.15) is 65.7 Å². The summed E-state index contributed by atoms with van der Waals surface area (Å²) < 4.78 is 0. The maximum absolute atomic E-state index is 12.5. The molecule has 0 bridgehead atoms. The zero-order valence-electron chi connectivity index (χ0n) is 15.0. The molecule has 1 aliphatic carbocycles. The first-order valence-corrected chi connectivity index (χ1v) is 9.90. The average Bonchev–Trinajstić information content (AvgIpc) is 2.89. The summed E-state index contributed by atoms with van der Waals surface area (Å²) in [6.45, 7) is 4.40. The quantitative estimate of drug-likeness (QED) is 0.787. The second kappa shape index (κ2) is 7.28. The fourth-order valence-electron chi connectivity index (χ4n) is 4.77. The first-order valence-electron chi connectivity index (χ1n) is 9.90. The van der Waals surface area contributed by atoms with Gasteiger partial charge in [0.1, 0.15) is 0 Å². The topological polar surface area (TPSA) is 40.6 Å². The third kappa shape index (κ3) is 3.50. The maximum Gasteiger partial charge on any atom is 0.261 e. The number of rotatable bonds is 4. The summed E-state index contributed by atoms with van der Waals surface area (Å²) >= 11 is 0. The van der Waals surface area contributed by atoms with Gasteiger partial charge in [-0.15, -0.1) is 0 Å². The molecule has 0 atom stereocenters. The summed E-state index contributed by atoms with van der Waals surface area (Å²) in [5, 5.41) is 0. The number of fused-ring (bicyclic) bond motifs is 1. The number of hydrogen-bond acceptors (Lipinski definition) is 3. The van der Waals surface area contributed by atoms with Crippen molar-refractivity contribution in [1.82, 2.24) is 9.80 Å². The van der Waals surface area contributed by atoms with E-state index in [2.05, 4.69) is 4.90 Å². The summed E-state index contributed by atoms with van der Waals surface area (Å²) in [5.41, 5.74) is 1.15. The number of hydrogen-bond donors (Lipinski definition) is 0. The standard InChI is InChI=1S/C21H28N2O2/c24-20-18-6-2-3-7-19(18)21(25)23(20)15-17-10-8-16(9-11-17)14-22-12-4-1-5-13-22/h2-3,6-7,16-17H,1,4-5,8-15H2. The van der Waals surface area contributed by atoms with Gasteiger partial charge in [-0.3, -0.25) is 14.5 Å². The van der Waals surface area contributed by atoms with E-state index in [9.17, 15) is 9.59 Å². The van der Waals surface area contributed by atoms with E-state index in [4.69, 9.17) is 0 Å². The molecule has 0 N–H and O–H groups in total. The van der Waals surface area contributed by atoms with Crippen LogP contribution in [0.5, 0.6) is 0 Å². The van der Waals surface area contributed by atoms with E-state index < -0.39 is 0 Å². The summed E-state index contributed by atoms with van der Waals surface area (Å²) in [4.78, 5) is 29.1. The Kier molecular flexibility index (Phi) is 4.89. The van der Waals surface area contributed by atoms with E-state index >= 15 is 0 Å². The molecule has 1 aromatic carbocycles. The lowest BCUT2D eigenvalue weighted by atomic mass is 9.81. The fourth-order valence-corrected chi connectivity index (χ4v) is 4.77. The fraction of sp³-hybridized carbons (Fsp3) is 0.619. The van der Waals surface area contributed by atoms with Crippen LogP contribution in [-0.2, 0) is 0 Å². The Labute approximate surface area is 150 Å². The minimum atomic E-state index is -0.101. The van der Waals surface area contributed by atoms with Crippen LogP contribution < -0.4 is 0 Å². The van der Waals surface area contributed by atoms with Gasteiger partial charge in [0.15, 0.2) is 0 Å². The molecule has 1 saturated heterocycles. The monoisotopic (exact) mass is 340 g/mol. The van der Waals surface area contributed by atoms with E-state index in [-0.39, 0.29) is 11.8 Å². The predicted molar refractivity (Wildman–Crippen MR) is 97.5 cm³/mol. The average molecular weight is 340 g/mol. The molecule has 0 spiro atoms. The van der Waals surface area contributed by atoms with Crippen LogP contribution in [0.15, 0.2) is 24.3 Å². The number of nitrogens with zero attached hydrogens (tertiary/aromatic N) is 2. The molecular weight excluding hydrogens is 312 g/mol. The van der Waals surface area contributed by atoms with Crippen LogP contribution in [0.25, 0.3) is 0 Å². The minimum absolute atomic E-state index is 0.101. The predicted octanol–water partition coefficient (Wildman–Crippen LogP) is 3.57. The third-order valence-corrected chi connectivity index (χ3v) is 6.25. The summed E-state index contributed by atoms with van der Waals surface area (Å²) in [7, 11) is 0. The van der Waals surface area contributed by atoms with Gasteiger partial charge in [0.25, 0.3) is 11.8 Å². The highest BCUT2D eigenvalue weighted by molar-refractivity contribution is 6.21. The second-order valence-corrected chi connectivity index (χ2v) is 8.01. The van der Waals surface area contributed by atoms with E-state index in [0.717, 1.165) is 18.8 Å². The summed E-state index contributed by atoms with van der Waals surface area (Å²) in [5.74, 6) is 1.07. The van der Waals surface area contributed by atoms with Crippen molar-refractivity contribution in [2.24, 2.45) is 11.8 Å². The van der Waals surface area contributed by atoms with E-state index in [1.54, 1.807) is 12.1 Å². The lowest BCUT2D eigenvalue weighted by molar-refractivity contribution is 0.0604. The van der Waals surface area contributed by atoms with Crippen LogP contribution in [0.3, 0.4) is 0 Å². The molecule has 0 unspecified atom stereocenters. The maximum atomic E-state index is 12.5. The zero-order chi connectivity index (χ0) is 17.2. The van der Waals surface area contributed by atoms with Crippen LogP contribution >= 0.6 is 0 Å². The van der Waals surface area contributed by atoms with Gasteiger partial charge < -0.3 is 4.90 Å². The Hall–Kier alpha value is -1.68. The number of benzene rings is 1. The normalized spacial score (nSPS) is 27.6. The Morgan fingerprint density at radius 3 is 1.84 bits per heavy atom. The third-order valence-electron chi connectivity index (χ3n) is 6.25.